The first-order valence-electron chi connectivity index (χ1n) is 6.82. The standard InChI is InChI=1S/C15H15F2NO/c16-10-5-9(6-11(17)7-10)15(3-4-15)18-13(19)12-8-14(12)1-2-14/h5-7,12H,1-4,8H2,(H,18,19). The Morgan fingerprint density at radius 2 is 1.74 bits per heavy atom. The highest BCUT2D eigenvalue weighted by atomic mass is 19.1. The number of carbonyl (C=O) groups excluding carboxylic acids is 1. The summed E-state index contributed by atoms with van der Waals surface area (Å²) in [6.45, 7) is 0. The van der Waals surface area contributed by atoms with Gasteiger partial charge in [0.25, 0.3) is 0 Å². The van der Waals surface area contributed by atoms with Crippen LogP contribution in [0.4, 0.5) is 8.78 Å². The van der Waals surface area contributed by atoms with Gasteiger partial charge in [0.1, 0.15) is 11.6 Å². The highest BCUT2D eigenvalue weighted by Gasteiger charge is 2.66. The lowest BCUT2D eigenvalue weighted by atomic mass is 10.0. The molecule has 2 nitrogen and oxygen atoms in total. The molecule has 4 heteroatoms. The first-order chi connectivity index (χ1) is 9.03. The third-order valence-corrected chi connectivity index (χ3v) is 4.93. The lowest BCUT2D eigenvalue weighted by Gasteiger charge is -2.18. The van der Waals surface area contributed by atoms with Crippen molar-refractivity contribution < 1.29 is 13.6 Å². The van der Waals surface area contributed by atoms with Crippen molar-refractivity contribution in [1.29, 1.82) is 0 Å². The zero-order valence-corrected chi connectivity index (χ0v) is 10.5. The van der Waals surface area contributed by atoms with Crippen LogP contribution in [0, 0.1) is 23.0 Å². The molecule has 100 valence electrons. The van der Waals surface area contributed by atoms with Crippen molar-refractivity contribution in [1.82, 2.24) is 5.32 Å². The first kappa shape index (κ1) is 11.4. The quantitative estimate of drug-likeness (QED) is 0.892. The van der Waals surface area contributed by atoms with E-state index in [0.29, 0.717) is 11.0 Å². The third kappa shape index (κ3) is 1.77. The largest absolute Gasteiger partial charge is 0.346 e. The van der Waals surface area contributed by atoms with Gasteiger partial charge in [-0.3, -0.25) is 4.79 Å². The van der Waals surface area contributed by atoms with E-state index < -0.39 is 17.2 Å². The van der Waals surface area contributed by atoms with E-state index in [0.717, 1.165) is 38.2 Å². The molecule has 1 aromatic rings. The van der Waals surface area contributed by atoms with Gasteiger partial charge in [0, 0.05) is 12.0 Å². The Hall–Kier alpha value is -1.45. The smallest absolute Gasteiger partial charge is 0.224 e. The summed E-state index contributed by atoms with van der Waals surface area (Å²) in [5.74, 6) is -0.954. The molecular weight excluding hydrogens is 248 g/mol. The van der Waals surface area contributed by atoms with Crippen LogP contribution in [0.1, 0.15) is 37.7 Å². The zero-order chi connectivity index (χ0) is 13.3. The Morgan fingerprint density at radius 1 is 1.11 bits per heavy atom. The molecule has 3 aliphatic carbocycles. The molecule has 0 bridgehead atoms. The van der Waals surface area contributed by atoms with Crippen LogP contribution in [0.25, 0.3) is 0 Å². The Balaban J connectivity index is 1.54. The topological polar surface area (TPSA) is 29.1 Å². The molecule has 3 aliphatic rings. The monoisotopic (exact) mass is 263 g/mol. The maximum Gasteiger partial charge on any atom is 0.224 e. The summed E-state index contributed by atoms with van der Waals surface area (Å²) in [5.41, 5.74) is 0.357. The fraction of sp³-hybridized carbons (Fsp3) is 0.533. The fourth-order valence-corrected chi connectivity index (χ4v) is 3.20. The molecule has 1 spiro atoms. The van der Waals surface area contributed by atoms with Gasteiger partial charge in [-0.05, 0) is 55.2 Å². The Kier molecular flexibility index (Phi) is 2.01. The van der Waals surface area contributed by atoms with Gasteiger partial charge in [-0.1, -0.05) is 0 Å². The Labute approximate surface area is 110 Å². The van der Waals surface area contributed by atoms with Gasteiger partial charge in [0.15, 0.2) is 0 Å². The highest BCUT2D eigenvalue weighted by Crippen LogP contribution is 2.70. The van der Waals surface area contributed by atoms with E-state index in [-0.39, 0.29) is 11.8 Å². The summed E-state index contributed by atoms with van der Waals surface area (Å²) >= 11 is 0. The second-order valence-corrected chi connectivity index (χ2v) is 6.35. The molecule has 0 aliphatic heterocycles. The summed E-state index contributed by atoms with van der Waals surface area (Å²) in [6.07, 6.45) is 4.84. The SMILES string of the molecule is O=C(NC1(c2cc(F)cc(F)c2)CC1)C1CC12CC2. The Bertz CT molecular complexity index is 555. The van der Waals surface area contributed by atoms with Crippen LogP contribution in [-0.2, 0) is 10.3 Å². The third-order valence-electron chi connectivity index (χ3n) is 4.93. The maximum atomic E-state index is 13.3. The highest BCUT2D eigenvalue weighted by molar-refractivity contribution is 5.84. The van der Waals surface area contributed by atoms with Gasteiger partial charge in [-0.25, -0.2) is 8.78 Å². The molecule has 0 aromatic heterocycles. The van der Waals surface area contributed by atoms with E-state index in [9.17, 15) is 13.6 Å². The van der Waals surface area contributed by atoms with E-state index in [2.05, 4.69) is 5.32 Å². The van der Waals surface area contributed by atoms with Crippen molar-refractivity contribution in [2.75, 3.05) is 0 Å². The minimum Gasteiger partial charge on any atom is -0.346 e. The molecule has 1 N–H and O–H groups in total. The van der Waals surface area contributed by atoms with Gasteiger partial charge in [0.2, 0.25) is 5.91 Å². The molecule has 3 saturated carbocycles. The maximum absolute atomic E-state index is 13.3. The fourth-order valence-electron chi connectivity index (χ4n) is 3.20. The van der Waals surface area contributed by atoms with Crippen molar-refractivity contribution in [2.24, 2.45) is 11.3 Å². The molecule has 4 rings (SSSR count). The van der Waals surface area contributed by atoms with Gasteiger partial charge in [-0.15, -0.1) is 0 Å². The molecule has 1 aromatic carbocycles. The van der Waals surface area contributed by atoms with Gasteiger partial charge in [-0.2, -0.15) is 0 Å². The molecule has 1 amide bonds. The average Bonchev–Trinajstić information content (AvgIpc) is 3.21. The molecule has 1 unspecified atom stereocenters. The predicted octanol–water partition coefficient (Wildman–Crippen LogP) is 2.87. The Morgan fingerprint density at radius 3 is 2.21 bits per heavy atom. The summed E-state index contributed by atoms with van der Waals surface area (Å²) < 4.78 is 26.5. The molecule has 1 atom stereocenters. The van der Waals surface area contributed by atoms with Crippen molar-refractivity contribution in [3.05, 3.63) is 35.4 Å². The minimum absolute atomic E-state index is 0.0691. The number of amides is 1. The molecule has 0 saturated heterocycles. The van der Waals surface area contributed by atoms with Crippen molar-refractivity contribution >= 4 is 5.91 Å². The molecule has 0 heterocycles. The van der Waals surface area contributed by atoms with Crippen molar-refractivity contribution in [2.45, 2.75) is 37.6 Å². The summed E-state index contributed by atoms with van der Waals surface area (Å²) in [7, 11) is 0. The summed E-state index contributed by atoms with van der Waals surface area (Å²) in [5, 5.41) is 3.02. The molecule has 19 heavy (non-hydrogen) atoms. The minimum atomic E-state index is -0.583. The zero-order valence-electron chi connectivity index (χ0n) is 10.5. The van der Waals surface area contributed by atoms with Crippen LogP contribution in [0.3, 0.4) is 0 Å². The number of halogens is 2. The second kappa shape index (κ2) is 3.35. The first-order valence-corrected chi connectivity index (χ1v) is 6.82. The molecular formula is C15H15F2NO. The van der Waals surface area contributed by atoms with E-state index >= 15 is 0 Å². The predicted molar refractivity (Wildman–Crippen MR) is 65.2 cm³/mol. The van der Waals surface area contributed by atoms with Crippen LogP contribution in [0.15, 0.2) is 18.2 Å². The van der Waals surface area contributed by atoms with Gasteiger partial charge >= 0.3 is 0 Å². The lowest BCUT2D eigenvalue weighted by molar-refractivity contribution is -0.123. The number of benzene rings is 1. The summed E-state index contributed by atoms with van der Waals surface area (Å²) in [4.78, 5) is 12.2. The van der Waals surface area contributed by atoms with E-state index in [1.54, 1.807) is 0 Å². The number of carbonyl (C=O) groups is 1. The van der Waals surface area contributed by atoms with Crippen LogP contribution < -0.4 is 5.32 Å². The van der Waals surface area contributed by atoms with Gasteiger partial charge in [0.05, 0.1) is 5.54 Å². The van der Waals surface area contributed by atoms with E-state index in [4.69, 9.17) is 0 Å². The normalized spacial score (nSPS) is 28.0. The van der Waals surface area contributed by atoms with Crippen molar-refractivity contribution in [3.63, 3.8) is 0 Å². The van der Waals surface area contributed by atoms with Crippen LogP contribution in [0.2, 0.25) is 0 Å². The average molecular weight is 263 g/mol. The van der Waals surface area contributed by atoms with Crippen LogP contribution >= 0.6 is 0 Å². The lowest BCUT2D eigenvalue weighted by Crippen LogP contribution is -2.36. The number of rotatable bonds is 3. The number of hydrogen-bond donors (Lipinski definition) is 1. The number of nitrogens with one attached hydrogen (secondary N) is 1. The van der Waals surface area contributed by atoms with Gasteiger partial charge < -0.3 is 5.32 Å². The molecule has 3 fully saturated rings. The van der Waals surface area contributed by atoms with Crippen LogP contribution in [0.5, 0.6) is 0 Å². The number of hydrogen-bond acceptors (Lipinski definition) is 1. The second-order valence-electron chi connectivity index (χ2n) is 6.35. The molecule has 0 radical (unpaired) electrons. The van der Waals surface area contributed by atoms with Crippen LogP contribution in [-0.4, -0.2) is 5.91 Å². The summed E-state index contributed by atoms with van der Waals surface area (Å²) in [6, 6.07) is 3.52. The van der Waals surface area contributed by atoms with E-state index in [1.807, 2.05) is 0 Å². The van der Waals surface area contributed by atoms with Crippen molar-refractivity contribution in [3.8, 4) is 0 Å². The van der Waals surface area contributed by atoms with E-state index in [1.165, 1.54) is 12.1 Å².